The molecule has 0 bridgehead atoms. The molecule has 24 heavy (non-hydrogen) atoms. The molecule has 0 radical (unpaired) electrons. The first kappa shape index (κ1) is 17.1. The number of rotatable bonds is 7. The Morgan fingerprint density at radius 1 is 1.17 bits per heavy atom. The van der Waals surface area contributed by atoms with Crippen LogP contribution in [0.4, 0.5) is 5.69 Å². The zero-order chi connectivity index (χ0) is 17.4. The first-order chi connectivity index (χ1) is 11.6. The normalized spacial score (nSPS) is 10.4. The van der Waals surface area contributed by atoms with Crippen LogP contribution in [0.5, 0.6) is 17.2 Å². The number of hydrazone groups is 1. The van der Waals surface area contributed by atoms with Crippen LogP contribution in [-0.2, 0) is 4.79 Å². The Balaban J connectivity index is 1.85. The van der Waals surface area contributed by atoms with Gasteiger partial charge in [0.1, 0.15) is 5.75 Å². The molecule has 0 saturated carbocycles. The Kier molecular flexibility index (Phi) is 6.01. The van der Waals surface area contributed by atoms with Crippen LogP contribution in [-0.4, -0.2) is 38.0 Å². The van der Waals surface area contributed by atoms with Crippen LogP contribution in [0.2, 0.25) is 0 Å². The monoisotopic (exact) mass is 329 g/mol. The molecule has 2 rings (SSSR count). The summed E-state index contributed by atoms with van der Waals surface area (Å²) >= 11 is 0. The molecule has 2 aromatic rings. The van der Waals surface area contributed by atoms with E-state index >= 15 is 0 Å². The Bertz CT molecular complexity index is 732. The van der Waals surface area contributed by atoms with E-state index in [0.717, 1.165) is 5.69 Å². The second kappa shape index (κ2) is 8.42. The van der Waals surface area contributed by atoms with Gasteiger partial charge in [0.2, 0.25) is 0 Å². The highest BCUT2D eigenvalue weighted by atomic mass is 16.5. The number of nitrogens with zero attached hydrogens (tertiary/aromatic N) is 1. The molecule has 7 nitrogen and oxygen atoms in total. The number of nitrogens with one attached hydrogen (secondary N) is 2. The summed E-state index contributed by atoms with van der Waals surface area (Å²) in [5, 5.41) is 16.5. The molecule has 0 saturated heterocycles. The van der Waals surface area contributed by atoms with E-state index in [9.17, 15) is 9.90 Å². The number of anilines is 1. The third-order valence-corrected chi connectivity index (χ3v) is 3.15. The summed E-state index contributed by atoms with van der Waals surface area (Å²) < 4.78 is 10.1. The Labute approximate surface area is 139 Å². The fourth-order valence-electron chi connectivity index (χ4n) is 1.97. The summed E-state index contributed by atoms with van der Waals surface area (Å²) in [7, 11) is 3.03. The van der Waals surface area contributed by atoms with Gasteiger partial charge < -0.3 is 19.9 Å². The van der Waals surface area contributed by atoms with Crippen LogP contribution in [0.15, 0.2) is 47.6 Å². The molecule has 7 heteroatoms. The number of hydrogen-bond donors (Lipinski definition) is 3. The molecule has 0 aliphatic heterocycles. The van der Waals surface area contributed by atoms with Crippen LogP contribution in [0.25, 0.3) is 0 Å². The average molecular weight is 329 g/mol. The second-order valence-electron chi connectivity index (χ2n) is 4.78. The topological polar surface area (TPSA) is 92.2 Å². The molecule has 0 heterocycles. The highest BCUT2D eigenvalue weighted by Crippen LogP contribution is 2.25. The number of phenolic OH excluding ortho intramolecular Hbond substituents is 1. The minimum Gasteiger partial charge on any atom is -0.504 e. The molecule has 0 unspecified atom stereocenters. The van der Waals surface area contributed by atoms with Gasteiger partial charge in [0.05, 0.1) is 32.7 Å². The molecule has 0 spiro atoms. The molecular weight excluding hydrogens is 310 g/mol. The van der Waals surface area contributed by atoms with Gasteiger partial charge in [-0.3, -0.25) is 4.79 Å². The van der Waals surface area contributed by atoms with E-state index < -0.39 is 0 Å². The fraction of sp³-hybridized carbons (Fsp3) is 0.176. The third-order valence-electron chi connectivity index (χ3n) is 3.15. The van der Waals surface area contributed by atoms with Crippen molar-refractivity contribution in [3.63, 3.8) is 0 Å². The van der Waals surface area contributed by atoms with Crippen molar-refractivity contribution in [1.82, 2.24) is 5.43 Å². The van der Waals surface area contributed by atoms with Crippen LogP contribution < -0.4 is 20.2 Å². The maximum Gasteiger partial charge on any atom is 0.259 e. The van der Waals surface area contributed by atoms with Gasteiger partial charge in [-0.2, -0.15) is 5.10 Å². The lowest BCUT2D eigenvalue weighted by molar-refractivity contribution is -0.119. The molecule has 2 aromatic carbocycles. The molecule has 0 atom stereocenters. The zero-order valence-corrected chi connectivity index (χ0v) is 13.4. The summed E-state index contributed by atoms with van der Waals surface area (Å²) in [6, 6.07) is 12.1. The van der Waals surface area contributed by atoms with Gasteiger partial charge in [0.15, 0.2) is 11.5 Å². The highest BCUT2D eigenvalue weighted by molar-refractivity contribution is 5.85. The van der Waals surface area contributed by atoms with E-state index in [-0.39, 0.29) is 18.2 Å². The lowest BCUT2D eigenvalue weighted by atomic mass is 10.2. The minimum absolute atomic E-state index is 0.00520. The van der Waals surface area contributed by atoms with E-state index in [1.165, 1.54) is 19.4 Å². The lowest BCUT2D eigenvalue weighted by Gasteiger charge is -2.09. The molecule has 126 valence electrons. The number of aromatic hydroxyl groups is 1. The summed E-state index contributed by atoms with van der Waals surface area (Å²) in [6.45, 7) is 0.0472. The number of amides is 1. The van der Waals surface area contributed by atoms with Crippen LogP contribution in [0.3, 0.4) is 0 Å². The summed E-state index contributed by atoms with van der Waals surface area (Å²) in [4.78, 5) is 11.8. The molecule has 3 N–H and O–H groups in total. The first-order valence-electron chi connectivity index (χ1n) is 7.20. The van der Waals surface area contributed by atoms with Crippen molar-refractivity contribution >= 4 is 17.8 Å². The number of methoxy groups -OCH3 is 2. The largest absolute Gasteiger partial charge is 0.504 e. The number of carbonyl (C=O) groups is 1. The van der Waals surface area contributed by atoms with Crippen molar-refractivity contribution in [2.24, 2.45) is 5.10 Å². The van der Waals surface area contributed by atoms with Gasteiger partial charge in [-0.25, -0.2) is 5.43 Å². The first-order valence-corrected chi connectivity index (χ1v) is 7.20. The molecule has 0 aliphatic carbocycles. The molecule has 0 aliphatic rings. The number of benzene rings is 2. The Hall–Kier alpha value is -3.22. The Morgan fingerprint density at radius 3 is 2.62 bits per heavy atom. The predicted molar refractivity (Wildman–Crippen MR) is 91.9 cm³/mol. The molecule has 0 aromatic heterocycles. The number of hydrogen-bond acceptors (Lipinski definition) is 6. The van der Waals surface area contributed by atoms with Crippen molar-refractivity contribution in [1.29, 1.82) is 0 Å². The number of carbonyl (C=O) groups excluding carboxylic acids is 1. The second-order valence-corrected chi connectivity index (χ2v) is 4.78. The lowest BCUT2D eigenvalue weighted by Crippen LogP contribution is -2.26. The minimum atomic E-state index is -0.310. The maximum absolute atomic E-state index is 11.8. The molecule has 1 amide bonds. The van der Waals surface area contributed by atoms with E-state index in [0.29, 0.717) is 17.1 Å². The SMILES string of the molecule is COc1ccc(/C=N/NC(=O)CNc2ccccc2OC)cc1O. The average Bonchev–Trinajstić information content (AvgIpc) is 2.60. The van der Waals surface area contributed by atoms with Crippen molar-refractivity contribution in [2.45, 2.75) is 0 Å². The number of phenols is 1. The van der Waals surface area contributed by atoms with Crippen LogP contribution >= 0.6 is 0 Å². The van der Waals surface area contributed by atoms with Crippen molar-refractivity contribution in [3.8, 4) is 17.2 Å². The van der Waals surface area contributed by atoms with Crippen LogP contribution in [0.1, 0.15) is 5.56 Å². The van der Waals surface area contributed by atoms with Gasteiger partial charge in [0, 0.05) is 0 Å². The van der Waals surface area contributed by atoms with E-state index in [2.05, 4.69) is 15.8 Å². The van der Waals surface area contributed by atoms with E-state index in [1.54, 1.807) is 25.3 Å². The number of para-hydroxylation sites is 2. The standard InChI is InChI=1S/C17H19N3O4/c1-23-15-6-4-3-5-13(15)18-11-17(22)20-19-10-12-7-8-16(24-2)14(21)9-12/h3-10,18,21H,11H2,1-2H3,(H,20,22)/b19-10+. The summed E-state index contributed by atoms with van der Waals surface area (Å²) in [5.74, 6) is 0.722. The highest BCUT2D eigenvalue weighted by Gasteiger charge is 2.04. The fourth-order valence-corrected chi connectivity index (χ4v) is 1.97. The predicted octanol–water partition coefficient (Wildman–Crippen LogP) is 1.97. The molecule has 0 fully saturated rings. The van der Waals surface area contributed by atoms with Gasteiger partial charge in [-0.15, -0.1) is 0 Å². The Morgan fingerprint density at radius 2 is 1.92 bits per heavy atom. The summed E-state index contributed by atoms with van der Waals surface area (Å²) in [5.41, 5.74) is 3.75. The van der Waals surface area contributed by atoms with Gasteiger partial charge in [-0.1, -0.05) is 12.1 Å². The number of ether oxygens (including phenoxy) is 2. The summed E-state index contributed by atoms with van der Waals surface area (Å²) in [6.07, 6.45) is 1.43. The maximum atomic E-state index is 11.8. The van der Waals surface area contributed by atoms with Gasteiger partial charge in [0.25, 0.3) is 5.91 Å². The van der Waals surface area contributed by atoms with Crippen molar-refractivity contribution in [3.05, 3.63) is 48.0 Å². The van der Waals surface area contributed by atoms with Gasteiger partial charge in [-0.05, 0) is 35.9 Å². The zero-order valence-electron chi connectivity index (χ0n) is 13.4. The van der Waals surface area contributed by atoms with E-state index in [4.69, 9.17) is 9.47 Å². The quantitative estimate of drug-likeness (QED) is 0.533. The van der Waals surface area contributed by atoms with Crippen LogP contribution in [0, 0.1) is 0 Å². The van der Waals surface area contributed by atoms with Gasteiger partial charge >= 0.3 is 0 Å². The third kappa shape index (κ3) is 4.64. The smallest absolute Gasteiger partial charge is 0.259 e. The van der Waals surface area contributed by atoms with Crippen molar-refractivity contribution in [2.75, 3.05) is 26.1 Å². The van der Waals surface area contributed by atoms with Crippen molar-refractivity contribution < 1.29 is 19.4 Å². The molecular formula is C17H19N3O4. The van der Waals surface area contributed by atoms with E-state index in [1.807, 2.05) is 18.2 Å².